The predicted molar refractivity (Wildman–Crippen MR) is 105 cm³/mol. The highest BCUT2D eigenvalue weighted by Gasteiger charge is 2.27. The molecule has 0 radical (unpaired) electrons. The number of amides is 1. The van der Waals surface area contributed by atoms with Crippen LogP contribution in [-0.2, 0) is 0 Å². The Kier molecular flexibility index (Phi) is 6.04. The molecule has 0 atom stereocenters. The monoisotopic (exact) mass is 404 g/mol. The molecule has 0 unspecified atom stereocenters. The lowest BCUT2D eigenvalue weighted by molar-refractivity contribution is -0.385. The number of ether oxygens (including phenoxy) is 2. The molecular formula is C20H21ClN2O5. The second-order valence-corrected chi connectivity index (χ2v) is 7.06. The van der Waals surface area contributed by atoms with Gasteiger partial charge in [0, 0.05) is 29.7 Å². The van der Waals surface area contributed by atoms with Gasteiger partial charge in [-0.2, -0.15) is 0 Å². The maximum Gasteiger partial charge on any atom is 0.313 e. The van der Waals surface area contributed by atoms with E-state index in [1.807, 2.05) is 11.8 Å². The van der Waals surface area contributed by atoms with E-state index in [-0.39, 0.29) is 28.1 Å². The summed E-state index contributed by atoms with van der Waals surface area (Å²) in [5.74, 6) is 1.15. The van der Waals surface area contributed by atoms with Crippen LogP contribution in [0.25, 0.3) is 0 Å². The highest BCUT2D eigenvalue weighted by Crippen LogP contribution is 2.38. The van der Waals surface area contributed by atoms with Crippen molar-refractivity contribution in [3.05, 3.63) is 57.1 Å². The summed E-state index contributed by atoms with van der Waals surface area (Å²) < 4.78 is 11.0. The highest BCUT2D eigenvalue weighted by atomic mass is 35.5. The van der Waals surface area contributed by atoms with Crippen LogP contribution in [0, 0.1) is 16.0 Å². The quantitative estimate of drug-likeness (QED) is 0.460. The molecule has 0 saturated heterocycles. The first-order chi connectivity index (χ1) is 13.4. The molecule has 3 rings (SSSR count). The number of nitrogens with zero attached hydrogens (tertiary/aromatic N) is 2. The van der Waals surface area contributed by atoms with Gasteiger partial charge in [0.15, 0.2) is 11.5 Å². The van der Waals surface area contributed by atoms with Crippen molar-refractivity contribution in [2.75, 3.05) is 20.2 Å². The van der Waals surface area contributed by atoms with E-state index in [0.717, 1.165) is 6.54 Å². The molecule has 1 aliphatic rings. The first-order valence-corrected chi connectivity index (χ1v) is 9.39. The van der Waals surface area contributed by atoms with Crippen molar-refractivity contribution in [2.24, 2.45) is 5.92 Å². The van der Waals surface area contributed by atoms with E-state index in [1.165, 1.54) is 38.2 Å². The SMILES string of the molecule is CCN(CC1CC1)C(=O)c1ccc(Oc2ccc(Cl)cc2[N+](=O)[O-])c(OC)c1. The molecule has 7 nitrogen and oxygen atoms in total. The molecule has 1 fully saturated rings. The van der Waals surface area contributed by atoms with E-state index in [4.69, 9.17) is 21.1 Å². The van der Waals surface area contributed by atoms with Crippen LogP contribution in [-0.4, -0.2) is 35.9 Å². The number of carbonyl (C=O) groups excluding carboxylic acids is 1. The molecule has 2 aromatic rings. The van der Waals surface area contributed by atoms with Crippen molar-refractivity contribution >= 4 is 23.2 Å². The van der Waals surface area contributed by atoms with Gasteiger partial charge in [-0.05, 0) is 56.0 Å². The lowest BCUT2D eigenvalue weighted by Crippen LogP contribution is -2.32. The fourth-order valence-electron chi connectivity index (χ4n) is 2.87. The number of nitro benzene ring substituents is 1. The summed E-state index contributed by atoms with van der Waals surface area (Å²) in [6.45, 7) is 3.34. The summed E-state index contributed by atoms with van der Waals surface area (Å²) in [6, 6.07) is 8.96. The molecule has 1 saturated carbocycles. The third kappa shape index (κ3) is 4.54. The molecular weight excluding hydrogens is 384 g/mol. The van der Waals surface area contributed by atoms with Gasteiger partial charge >= 0.3 is 5.69 Å². The van der Waals surface area contributed by atoms with Gasteiger partial charge in [0.2, 0.25) is 5.75 Å². The van der Waals surface area contributed by atoms with E-state index in [0.29, 0.717) is 23.8 Å². The molecule has 0 N–H and O–H groups in total. The minimum Gasteiger partial charge on any atom is -0.493 e. The van der Waals surface area contributed by atoms with Gasteiger partial charge in [-0.25, -0.2) is 0 Å². The minimum absolute atomic E-state index is 0.0377. The van der Waals surface area contributed by atoms with Gasteiger partial charge in [-0.3, -0.25) is 14.9 Å². The molecule has 1 aliphatic carbocycles. The summed E-state index contributed by atoms with van der Waals surface area (Å²) in [4.78, 5) is 25.3. The Balaban J connectivity index is 1.86. The van der Waals surface area contributed by atoms with Gasteiger partial charge in [-0.1, -0.05) is 11.6 Å². The smallest absolute Gasteiger partial charge is 0.313 e. The summed E-state index contributed by atoms with van der Waals surface area (Å²) in [5, 5.41) is 11.5. The predicted octanol–water partition coefficient (Wildman–Crippen LogP) is 4.92. The number of rotatable bonds is 8. The number of halogens is 1. The summed E-state index contributed by atoms with van der Waals surface area (Å²) in [6.07, 6.45) is 2.33. The van der Waals surface area contributed by atoms with E-state index in [2.05, 4.69) is 0 Å². The molecule has 0 aromatic heterocycles. The third-order valence-electron chi connectivity index (χ3n) is 4.59. The Labute approximate surface area is 168 Å². The Bertz CT molecular complexity index is 898. The second kappa shape index (κ2) is 8.48. The van der Waals surface area contributed by atoms with E-state index in [9.17, 15) is 14.9 Å². The maximum absolute atomic E-state index is 12.8. The van der Waals surface area contributed by atoms with Gasteiger partial charge in [0.1, 0.15) is 0 Å². The fraction of sp³-hybridized carbons (Fsp3) is 0.350. The maximum atomic E-state index is 12.8. The number of nitro groups is 1. The average Bonchev–Trinajstić information content (AvgIpc) is 3.51. The Hall–Kier alpha value is -2.80. The Morgan fingerprint density at radius 3 is 2.54 bits per heavy atom. The third-order valence-corrected chi connectivity index (χ3v) is 4.83. The van der Waals surface area contributed by atoms with Crippen molar-refractivity contribution in [1.82, 2.24) is 4.90 Å². The average molecular weight is 405 g/mol. The van der Waals surface area contributed by atoms with Crippen LogP contribution in [0.5, 0.6) is 17.2 Å². The van der Waals surface area contributed by atoms with Gasteiger partial charge in [-0.15, -0.1) is 0 Å². The van der Waals surface area contributed by atoms with Gasteiger partial charge in [0.25, 0.3) is 5.91 Å². The molecule has 0 bridgehead atoms. The van der Waals surface area contributed by atoms with E-state index in [1.54, 1.807) is 18.2 Å². The Morgan fingerprint density at radius 2 is 1.93 bits per heavy atom. The number of benzene rings is 2. The number of methoxy groups -OCH3 is 1. The van der Waals surface area contributed by atoms with Crippen molar-refractivity contribution in [3.8, 4) is 17.2 Å². The zero-order chi connectivity index (χ0) is 20.3. The molecule has 0 aliphatic heterocycles. The zero-order valence-electron chi connectivity index (χ0n) is 15.7. The van der Waals surface area contributed by atoms with Crippen molar-refractivity contribution < 1.29 is 19.2 Å². The summed E-state index contributed by atoms with van der Waals surface area (Å²) >= 11 is 5.83. The number of carbonyl (C=O) groups is 1. The molecule has 28 heavy (non-hydrogen) atoms. The molecule has 0 spiro atoms. The molecule has 2 aromatic carbocycles. The number of hydrogen-bond acceptors (Lipinski definition) is 5. The zero-order valence-corrected chi connectivity index (χ0v) is 16.4. The van der Waals surface area contributed by atoms with Crippen molar-refractivity contribution in [2.45, 2.75) is 19.8 Å². The summed E-state index contributed by atoms with van der Waals surface area (Å²) in [7, 11) is 1.45. The first-order valence-electron chi connectivity index (χ1n) is 9.02. The second-order valence-electron chi connectivity index (χ2n) is 6.62. The van der Waals surface area contributed by atoms with Crippen LogP contribution in [0.2, 0.25) is 5.02 Å². The van der Waals surface area contributed by atoms with Crippen LogP contribution in [0.3, 0.4) is 0 Å². The van der Waals surface area contributed by atoms with Crippen molar-refractivity contribution in [1.29, 1.82) is 0 Å². The number of hydrogen-bond donors (Lipinski definition) is 0. The van der Waals surface area contributed by atoms with E-state index >= 15 is 0 Å². The van der Waals surface area contributed by atoms with Crippen LogP contribution < -0.4 is 9.47 Å². The van der Waals surface area contributed by atoms with Crippen molar-refractivity contribution in [3.63, 3.8) is 0 Å². The fourth-order valence-corrected chi connectivity index (χ4v) is 3.04. The lowest BCUT2D eigenvalue weighted by Gasteiger charge is -2.21. The van der Waals surface area contributed by atoms with Gasteiger partial charge < -0.3 is 14.4 Å². The normalized spacial score (nSPS) is 13.1. The molecule has 148 valence electrons. The largest absolute Gasteiger partial charge is 0.493 e. The molecule has 8 heteroatoms. The van der Waals surface area contributed by atoms with E-state index < -0.39 is 4.92 Å². The van der Waals surface area contributed by atoms with Crippen LogP contribution >= 0.6 is 11.6 Å². The van der Waals surface area contributed by atoms with Crippen LogP contribution in [0.4, 0.5) is 5.69 Å². The minimum atomic E-state index is -0.567. The first kappa shape index (κ1) is 19.9. The Morgan fingerprint density at radius 1 is 1.21 bits per heavy atom. The standard InChI is InChI=1S/C20H21ClN2O5/c1-3-22(12-13-4-5-13)20(24)14-6-8-18(19(10-14)27-2)28-17-9-7-15(21)11-16(17)23(25)26/h6-11,13H,3-5,12H2,1-2H3. The van der Waals surface area contributed by atoms with Crippen LogP contribution in [0.15, 0.2) is 36.4 Å². The highest BCUT2D eigenvalue weighted by molar-refractivity contribution is 6.30. The van der Waals surface area contributed by atoms with Gasteiger partial charge in [0.05, 0.1) is 12.0 Å². The topological polar surface area (TPSA) is 81.9 Å². The lowest BCUT2D eigenvalue weighted by atomic mass is 10.1. The van der Waals surface area contributed by atoms with Crippen LogP contribution in [0.1, 0.15) is 30.1 Å². The molecule has 0 heterocycles. The molecule has 1 amide bonds. The summed E-state index contributed by atoms with van der Waals surface area (Å²) in [5.41, 5.74) is 0.230.